The van der Waals surface area contributed by atoms with E-state index in [9.17, 15) is 9.36 Å². The molecule has 0 aromatic rings. The zero-order valence-electron chi connectivity index (χ0n) is 9.78. The molecule has 0 saturated carbocycles. The van der Waals surface area contributed by atoms with Crippen LogP contribution in [0.5, 0.6) is 0 Å². The third-order valence-corrected chi connectivity index (χ3v) is 2.36. The van der Waals surface area contributed by atoms with Gasteiger partial charge in [0, 0.05) is 6.54 Å². The molecule has 0 fully saturated rings. The predicted molar refractivity (Wildman–Crippen MR) is 56.2 cm³/mol. The van der Waals surface area contributed by atoms with Crippen molar-refractivity contribution in [3.8, 4) is 0 Å². The second-order valence-corrected chi connectivity index (χ2v) is 4.67. The van der Waals surface area contributed by atoms with Crippen molar-refractivity contribution in [1.82, 2.24) is 5.06 Å². The lowest BCUT2D eigenvalue weighted by atomic mass is 10.0. The average Bonchev–Trinajstić information content (AvgIpc) is 2.09. The Morgan fingerprint density at radius 3 is 2.19 bits per heavy atom. The van der Waals surface area contributed by atoms with Gasteiger partial charge in [0.15, 0.2) is 0 Å². The van der Waals surface area contributed by atoms with Gasteiger partial charge in [0.1, 0.15) is 6.04 Å². The minimum atomic E-state index is -4.81. The van der Waals surface area contributed by atoms with Gasteiger partial charge in [-0.05, 0) is 5.92 Å². The van der Waals surface area contributed by atoms with E-state index in [0.717, 1.165) is 0 Å². The zero-order chi connectivity index (χ0) is 12.9. The van der Waals surface area contributed by atoms with Crippen LogP contribution in [0.1, 0.15) is 20.8 Å². The van der Waals surface area contributed by atoms with E-state index < -0.39 is 19.8 Å². The largest absolute Gasteiger partial charge is 0.527 e. The normalized spacial score (nSPS) is 14.2. The van der Waals surface area contributed by atoms with E-state index in [1.165, 1.54) is 12.2 Å². The molecule has 7 nitrogen and oxygen atoms in total. The highest BCUT2D eigenvalue weighted by molar-refractivity contribution is 7.46. The van der Waals surface area contributed by atoms with Crippen molar-refractivity contribution in [3.05, 3.63) is 0 Å². The van der Waals surface area contributed by atoms with E-state index in [1.807, 2.05) is 0 Å². The molecule has 0 aromatic carbocycles. The van der Waals surface area contributed by atoms with Crippen molar-refractivity contribution in [2.45, 2.75) is 26.8 Å². The smallest absolute Gasteiger partial charge is 0.369 e. The maximum atomic E-state index is 11.5. The molecule has 0 aromatic heterocycles. The summed E-state index contributed by atoms with van der Waals surface area (Å²) in [4.78, 5) is 33.6. The van der Waals surface area contributed by atoms with E-state index in [1.54, 1.807) is 20.8 Å². The lowest BCUT2D eigenvalue weighted by Gasteiger charge is -2.29. The fraction of sp³-hybridized carbons (Fsp3) is 0.875. The van der Waals surface area contributed by atoms with Gasteiger partial charge >= 0.3 is 13.8 Å². The molecule has 0 bridgehead atoms. The molecule has 0 spiro atoms. The maximum Gasteiger partial charge on any atom is 0.527 e. The minimum absolute atomic E-state index is 0.195. The van der Waals surface area contributed by atoms with Crippen molar-refractivity contribution in [1.29, 1.82) is 0 Å². The van der Waals surface area contributed by atoms with Crippen molar-refractivity contribution in [2.75, 3.05) is 13.7 Å². The summed E-state index contributed by atoms with van der Waals surface area (Å²) in [5, 5.41) is 1.31. The first-order valence-corrected chi connectivity index (χ1v) is 6.35. The number of carbonyl (C=O) groups is 1. The minimum Gasteiger partial charge on any atom is -0.369 e. The number of rotatable bonds is 6. The summed E-state index contributed by atoms with van der Waals surface area (Å²) in [5.41, 5.74) is 0. The van der Waals surface area contributed by atoms with Gasteiger partial charge in [0.25, 0.3) is 0 Å². The van der Waals surface area contributed by atoms with Crippen LogP contribution < -0.4 is 0 Å². The van der Waals surface area contributed by atoms with Gasteiger partial charge in [-0.15, -0.1) is 0 Å². The number of hydroxylamine groups is 2. The third kappa shape index (κ3) is 5.05. The third-order valence-electron chi connectivity index (χ3n) is 1.94. The number of hydrogen-bond donors (Lipinski definition) is 2. The van der Waals surface area contributed by atoms with E-state index in [0.29, 0.717) is 6.54 Å². The van der Waals surface area contributed by atoms with Crippen LogP contribution in [0.4, 0.5) is 0 Å². The maximum absolute atomic E-state index is 11.5. The molecule has 0 saturated heterocycles. The van der Waals surface area contributed by atoms with Gasteiger partial charge in [-0.25, -0.2) is 9.36 Å². The number of phosphoric ester groups is 1. The van der Waals surface area contributed by atoms with Crippen LogP contribution in [-0.2, 0) is 18.7 Å². The van der Waals surface area contributed by atoms with Crippen molar-refractivity contribution < 1.29 is 28.5 Å². The Labute approximate surface area is 94.5 Å². The summed E-state index contributed by atoms with van der Waals surface area (Å²) in [7, 11) is -3.43. The van der Waals surface area contributed by atoms with E-state index in [-0.39, 0.29) is 5.92 Å². The molecule has 0 aliphatic heterocycles. The molecular weight excluding hydrogens is 237 g/mol. The first-order valence-electron chi connectivity index (χ1n) is 4.82. The predicted octanol–water partition coefficient (Wildman–Crippen LogP) is 0.530. The highest BCUT2D eigenvalue weighted by atomic mass is 31.2. The summed E-state index contributed by atoms with van der Waals surface area (Å²) in [6.07, 6.45) is 0. The van der Waals surface area contributed by atoms with Crippen molar-refractivity contribution in [3.63, 3.8) is 0 Å². The second-order valence-electron chi connectivity index (χ2n) is 3.51. The Bertz CT molecular complexity index is 272. The molecular formula is C8H18NO6P. The number of carbonyl (C=O) groups excluding carboxylic acids is 1. The van der Waals surface area contributed by atoms with Crippen LogP contribution in [0.25, 0.3) is 0 Å². The molecule has 1 atom stereocenters. The SMILES string of the molecule is CCN(OC)[C@H](C(=O)OP(=O)(O)O)C(C)C. The van der Waals surface area contributed by atoms with Gasteiger partial charge in [-0.3, -0.25) is 9.79 Å². The van der Waals surface area contributed by atoms with Crippen LogP contribution in [0, 0.1) is 5.92 Å². The number of hydrogen-bond acceptors (Lipinski definition) is 5. The Balaban J connectivity index is 4.78. The monoisotopic (exact) mass is 255 g/mol. The Kier molecular flexibility index (Phi) is 6.14. The summed E-state index contributed by atoms with van der Waals surface area (Å²) < 4.78 is 14.6. The molecule has 8 heteroatoms. The molecule has 0 unspecified atom stereocenters. The summed E-state index contributed by atoms with van der Waals surface area (Å²) >= 11 is 0. The second kappa shape index (κ2) is 6.32. The van der Waals surface area contributed by atoms with Gasteiger partial charge in [-0.1, -0.05) is 20.8 Å². The topological polar surface area (TPSA) is 96.3 Å². The van der Waals surface area contributed by atoms with Crippen LogP contribution in [-0.4, -0.2) is 40.5 Å². The highest BCUT2D eigenvalue weighted by Crippen LogP contribution is 2.37. The number of phosphoric acid groups is 1. The summed E-state index contributed by atoms with van der Waals surface area (Å²) in [5.74, 6) is -1.19. The fourth-order valence-electron chi connectivity index (χ4n) is 1.33. The van der Waals surface area contributed by atoms with Crippen LogP contribution >= 0.6 is 7.82 Å². The standard InChI is InChI=1S/C8H18NO6P/c1-5-9(14-4)7(6(2)3)8(10)15-16(11,12)13/h6-7H,5H2,1-4H3,(H2,11,12,13)/t7-/m0/s1. The summed E-state index contributed by atoms with van der Waals surface area (Å²) in [6, 6.07) is -0.845. The van der Waals surface area contributed by atoms with E-state index >= 15 is 0 Å². The van der Waals surface area contributed by atoms with Gasteiger partial charge in [-0.2, -0.15) is 5.06 Å². The van der Waals surface area contributed by atoms with Crippen molar-refractivity contribution in [2.24, 2.45) is 5.92 Å². The zero-order valence-corrected chi connectivity index (χ0v) is 10.7. The first kappa shape index (κ1) is 15.5. The molecule has 2 N–H and O–H groups in total. The first-order chi connectivity index (χ1) is 7.22. The van der Waals surface area contributed by atoms with Crippen LogP contribution in [0.2, 0.25) is 0 Å². The van der Waals surface area contributed by atoms with Gasteiger partial charge < -0.3 is 9.36 Å². The van der Waals surface area contributed by atoms with Gasteiger partial charge in [0.2, 0.25) is 0 Å². The van der Waals surface area contributed by atoms with Crippen LogP contribution in [0.3, 0.4) is 0 Å². The molecule has 0 radical (unpaired) electrons. The lowest BCUT2D eigenvalue weighted by Crippen LogP contribution is -2.44. The summed E-state index contributed by atoms with van der Waals surface area (Å²) in [6.45, 7) is 5.61. The average molecular weight is 255 g/mol. The molecule has 16 heavy (non-hydrogen) atoms. The Hall–Kier alpha value is -0.460. The van der Waals surface area contributed by atoms with E-state index in [4.69, 9.17) is 14.6 Å². The Morgan fingerprint density at radius 1 is 1.44 bits per heavy atom. The molecule has 0 amide bonds. The molecule has 0 heterocycles. The highest BCUT2D eigenvalue weighted by Gasteiger charge is 2.34. The molecule has 0 aliphatic rings. The quantitative estimate of drug-likeness (QED) is 0.527. The van der Waals surface area contributed by atoms with E-state index in [2.05, 4.69) is 4.52 Å². The molecule has 96 valence electrons. The van der Waals surface area contributed by atoms with Crippen LogP contribution in [0.15, 0.2) is 0 Å². The van der Waals surface area contributed by atoms with Gasteiger partial charge in [0.05, 0.1) is 7.11 Å². The lowest BCUT2D eigenvalue weighted by molar-refractivity contribution is -0.188. The van der Waals surface area contributed by atoms with Crippen molar-refractivity contribution >= 4 is 13.8 Å². The molecule has 0 aliphatic carbocycles. The molecule has 0 rings (SSSR count). The fourth-order valence-corrected chi connectivity index (χ4v) is 1.68. The number of likely N-dealkylation sites (N-methyl/N-ethyl adjacent to an activating group) is 1. The number of nitrogens with zero attached hydrogens (tertiary/aromatic N) is 1. The Morgan fingerprint density at radius 2 is 1.94 bits per heavy atom.